The number of anilines is 2. The van der Waals surface area contributed by atoms with Gasteiger partial charge in [-0.25, -0.2) is 8.42 Å². The quantitative estimate of drug-likeness (QED) is 0.417. The van der Waals surface area contributed by atoms with Gasteiger partial charge in [0.05, 0.1) is 5.69 Å². The van der Waals surface area contributed by atoms with E-state index < -0.39 is 22.5 Å². The van der Waals surface area contributed by atoms with E-state index in [-0.39, 0.29) is 0 Å². The minimum absolute atomic E-state index is 0.355. The molecule has 0 aliphatic heterocycles. The maximum absolute atomic E-state index is 10.4. The van der Waals surface area contributed by atoms with Gasteiger partial charge in [-0.15, -0.1) is 12.6 Å². The van der Waals surface area contributed by atoms with Crippen LogP contribution in [-0.2, 0) is 22.5 Å². The van der Waals surface area contributed by atoms with Crippen molar-refractivity contribution in [3.63, 3.8) is 0 Å². The van der Waals surface area contributed by atoms with Crippen molar-refractivity contribution in [2.24, 2.45) is 0 Å². The maximum Gasteiger partial charge on any atom is 0.259 e. The number of hydrogen-bond acceptors (Lipinski definition) is 3. The predicted octanol–water partition coefficient (Wildman–Crippen LogP) is 1.07. The van der Waals surface area contributed by atoms with Crippen molar-refractivity contribution in [2.75, 3.05) is 9.44 Å². The van der Waals surface area contributed by atoms with Crippen molar-refractivity contribution in [2.45, 2.75) is 4.90 Å². The Morgan fingerprint density at radius 2 is 1.73 bits per heavy atom. The Bertz CT molecular complexity index is 411. The topological polar surface area (TPSA) is 98.7 Å². The smallest absolute Gasteiger partial charge is 0.259 e. The summed E-state index contributed by atoms with van der Waals surface area (Å²) in [4.78, 5) is 0.382. The van der Waals surface area contributed by atoms with Gasteiger partial charge in [-0.3, -0.25) is 18.5 Å². The second kappa shape index (κ2) is 5.47. The molecule has 0 aromatic heterocycles. The molecule has 1 rings (SSSR count). The van der Waals surface area contributed by atoms with Crippen molar-refractivity contribution in [3.05, 3.63) is 18.2 Å². The van der Waals surface area contributed by atoms with Crippen molar-refractivity contribution < 1.29 is 17.5 Å². The molecule has 2 atom stereocenters. The van der Waals surface area contributed by atoms with Crippen LogP contribution < -0.4 is 9.44 Å². The van der Waals surface area contributed by atoms with Crippen LogP contribution in [0.5, 0.6) is 0 Å². The van der Waals surface area contributed by atoms with Crippen LogP contribution in [0.1, 0.15) is 0 Å². The fraction of sp³-hybridized carbons (Fsp3) is 0. The van der Waals surface area contributed by atoms with Crippen molar-refractivity contribution in [3.8, 4) is 0 Å². The molecule has 0 amide bonds. The summed E-state index contributed by atoms with van der Waals surface area (Å²) in [6.07, 6.45) is 0. The van der Waals surface area contributed by atoms with Crippen LogP contribution in [0, 0.1) is 0 Å². The summed E-state index contributed by atoms with van der Waals surface area (Å²) in [5.41, 5.74) is 0.739. The summed E-state index contributed by atoms with van der Waals surface area (Å²) in [6, 6.07) is 4.39. The molecule has 0 heterocycles. The van der Waals surface area contributed by atoms with E-state index in [0.717, 1.165) is 0 Å². The molecule has 0 aliphatic rings. The molecule has 0 bridgehead atoms. The Hall–Kier alpha value is -0.610. The molecule has 9 heteroatoms. The fourth-order valence-electron chi connectivity index (χ4n) is 0.876. The molecule has 1 aromatic carbocycles. The summed E-state index contributed by atoms with van der Waals surface area (Å²) in [6.45, 7) is 0. The van der Waals surface area contributed by atoms with E-state index in [1.165, 1.54) is 18.2 Å². The Kier molecular flexibility index (Phi) is 4.54. The van der Waals surface area contributed by atoms with Gasteiger partial charge < -0.3 is 0 Å². The molecular formula is C6H8N2O4S3. The van der Waals surface area contributed by atoms with E-state index in [9.17, 15) is 8.42 Å². The Morgan fingerprint density at radius 1 is 1.13 bits per heavy atom. The Balaban J connectivity index is 2.87. The molecule has 15 heavy (non-hydrogen) atoms. The van der Waals surface area contributed by atoms with Crippen molar-refractivity contribution >= 4 is 46.5 Å². The lowest BCUT2D eigenvalue weighted by Gasteiger charge is -2.07. The van der Waals surface area contributed by atoms with Crippen LogP contribution in [0.15, 0.2) is 23.1 Å². The number of benzene rings is 1. The summed E-state index contributed by atoms with van der Waals surface area (Å²) < 4.78 is 42.4. The second-order valence-corrected chi connectivity index (χ2v) is 4.32. The van der Waals surface area contributed by atoms with Gasteiger partial charge in [0.25, 0.3) is 22.5 Å². The highest BCUT2D eigenvalue weighted by atomic mass is 32.2. The van der Waals surface area contributed by atoms with Gasteiger partial charge in [0.1, 0.15) is 0 Å². The molecule has 0 saturated heterocycles. The number of nitrogens with one attached hydrogen (secondary N) is 2. The van der Waals surface area contributed by atoms with E-state index in [0.29, 0.717) is 16.3 Å². The van der Waals surface area contributed by atoms with Gasteiger partial charge in [0.15, 0.2) is 0 Å². The lowest BCUT2D eigenvalue weighted by atomic mass is 10.3. The van der Waals surface area contributed by atoms with Gasteiger partial charge in [-0.2, -0.15) is 0 Å². The van der Waals surface area contributed by atoms with Crippen LogP contribution in [-0.4, -0.2) is 17.5 Å². The van der Waals surface area contributed by atoms with E-state index in [1.54, 1.807) is 0 Å². The van der Waals surface area contributed by atoms with Gasteiger partial charge in [0.2, 0.25) is 0 Å². The average Bonchev–Trinajstić information content (AvgIpc) is 2.08. The van der Waals surface area contributed by atoms with E-state index in [1.807, 2.05) is 0 Å². The molecule has 84 valence electrons. The highest BCUT2D eigenvalue weighted by molar-refractivity contribution is 7.81. The standard InChI is InChI=1S/C6H8N2O4S3/c9-14(10)7-4-1-2-5(6(13)3-4)8-15(11)12/h1-3,7-8,13H,(H,9,10)(H,11,12). The zero-order valence-corrected chi connectivity index (χ0v) is 9.73. The number of thiol groups is 1. The lowest BCUT2D eigenvalue weighted by Crippen LogP contribution is -2.04. The zero-order chi connectivity index (χ0) is 11.4. The molecule has 1 aromatic rings. The van der Waals surface area contributed by atoms with E-state index in [2.05, 4.69) is 22.1 Å². The van der Waals surface area contributed by atoms with Crippen LogP contribution in [0.3, 0.4) is 0 Å². The van der Waals surface area contributed by atoms with Crippen LogP contribution in [0.25, 0.3) is 0 Å². The van der Waals surface area contributed by atoms with Crippen LogP contribution >= 0.6 is 12.6 Å². The van der Waals surface area contributed by atoms with Crippen LogP contribution in [0.2, 0.25) is 0 Å². The highest BCUT2D eigenvalue weighted by Crippen LogP contribution is 2.24. The molecule has 0 fully saturated rings. The van der Waals surface area contributed by atoms with Gasteiger partial charge >= 0.3 is 0 Å². The first-order chi connectivity index (χ1) is 6.99. The van der Waals surface area contributed by atoms with Gasteiger partial charge in [0, 0.05) is 10.6 Å². The average molecular weight is 268 g/mol. The zero-order valence-electron chi connectivity index (χ0n) is 7.21. The SMILES string of the molecule is O=S(O)Nc1ccc(NS(=O)O)c(S)c1. The molecule has 0 spiro atoms. The number of hydrogen-bond donors (Lipinski definition) is 5. The predicted molar refractivity (Wildman–Crippen MR) is 62.5 cm³/mol. The van der Waals surface area contributed by atoms with Crippen LogP contribution in [0.4, 0.5) is 11.4 Å². The minimum atomic E-state index is -2.17. The van der Waals surface area contributed by atoms with E-state index in [4.69, 9.17) is 9.11 Å². The maximum atomic E-state index is 10.4. The first kappa shape index (κ1) is 12.5. The Morgan fingerprint density at radius 3 is 2.20 bits per heavy atom. The lowest BCUT2D eigenvalue weighted by molar-refractivity contribution is 0.568. The van der Waals surface area contributed by atoms with E-state index >= 15 is 0 Å². The molecule has 2 unspecified atom stereocenters. The third-order valence-corrected chi connectivity index (χ3v) is 2.58. The highest BCUT2D eigenvalue weighted by Gasteiger charge is 2.03. The van der Waals surface area contributed by atoms with Crippen molar-refractivity contribution in [1.29, 1.82) is 0 Å². The first-order valence-electron chi connectivity index (χ1n) is 3.57. The van der Waals surface area contributed by atoms with Gasteiger partial charge in [-0.05, 0) is 18.2 Å². The third-order valence-electron chi connectivity index (χ3n) is 1.40. The largest absolute Gasteiger partial charge is 0.289 e. The summed E-state index contributed by atoms with van der Waals surface area (Å²) in [5, 5.41) is 0. The molecule has 6 nitrogen and oxygen atoms in total. The molecule has 0 radical (unpaired) electrons. The second-order valence-electron chi connectivity index (χ2n) is 2.43. The molecule has 4 N–H and O–H groups in total. The third kappa shape index (κ3) is 4.18. The minimum Gasteiger partial charge on any atom is -0.289 e. The molecule has 0 saturated carbocycles. The normalized spacial score (nSPS) is 14.3. The first-order valence-corrected chi connectivity index (χ1v) is 6.23. The summed E-state index contributed by atoms with van der Waals surface area (Å²) >= 11 is -0.293. The summed E-state index contributed by atoms with van der Waals surface area (Å²) in [5.74, 6) is 0. The molecular weight excluding hydrogens is 260 g/mol. The number of rotatable bonds is 4. The van der Waals surface area contributed by atoms with Crippen molar-refractivity contribution in [1.82, 2.24) is 0 Å². The fourth-order valence-corrected chi connectivity index (χ4v) is 1.92. The van der Waals surface area contributed by atoms with Gasteiger partial charge in [-0.1, -0.05) is 0 Å². The summed E-state index contributed by atoms with van der Waals surface area (Å²) in [7, 11) is 0. The monoisotopic (exact) mass is 268 g/mol. The Labute approximate surface area is 96.7 Å². The molecule has 0 aliphatic carbocycles.